The van der Waals surface area contributed by atoms with E-state index in [4.69, 9.17) is 19.9 Å². The summed E-state index contributed by atoms with van der Waals surface area (Å²) in [5.41, 5.74) is 7.13. The second kappa shape index (κ2) is 10.4. The molecule has 1 aliphatic carbocycles. The fourth-order valence-corrected chi connectivity index (χ4v) is 3.29. The first kappa shape index (κ1) is 21.3. The Hall–Kier alpha value is -2.46. The van der Waals surface area contributed by atoms with Crippen LogP contribution in [-0.2, 0) is 20.8 Å². The lowest BCUT2D eigenvalue weighted by Gasteiger charge is -2.22. The van der Waals surface area contributed by atoms with Crippen LogP contribution in [0.4, 0.5) is 5.95 Å². The Kier molecular flexibility index (Phi) is 7.59. The number of imidazole rings is 1. The molecule has 0 aliphatic heterocycles. The SMILES string of the molecule is CCOC(=O)[C@H](C)NCOCCn1cnc2c(OC3CCCCC3)nc(N)nc21. The Balaban J connectivity index is 1.54. The summed E-state index contributed by atoms with van der Waals surface area (Å²) in [6.07, 6.45) is 7.48. The molecule has 1 aliphatic rings. The third-order valence-corrected chi connectivity index (χ3v) is 4.89. The molecule has 0 bridgehead atoms. The van der Waals surface area contributed by atoms with Gasteiger partial charge in [0.05, 0.1) is 26.3 Å². The Morgan fingerprint density at radius 1 is 1.34 bits per heavy atom. The molecule has 29 heavy (non-hydrogen) atoms. The molecule has 1 atom stereocenters. The highest BCUT2D eigenvalue weighted by Gasteiger charge is 2.20. The van der Waals surface area contributed by atoms with Crippen molar-refractivity contribution in [2.45, 2.75) is 64.6 Å². The van der Waals surface area contributed by atoms with Crippen LogP contribution in [-0.4, -0.2) is 57.6 Å². The zero-order valence-corrected chi connectivity index (χ0v) is 17.1. The van der Waals surface area contributed by atoms with Crippen molar-refractivity contribution in [3.63, 3.8) is 0 Å². The van der Waals surface area contributed by atoms with Crippen LogP contribution in [0.3, 0.4) is 0 Å². The van der Waals surface area contributed by atoms with Crippen LogP contribution >= 0.6 is 0 Å². The van der Waals surface area contributed by atoms with Gasteiger partial charge in [-0.3, -0.25) is 10.1 Å². The van der Waals surface area contributed by atoms with Gasteiger partial charge in [-0.2, -0.15) is 9.97 Å². The van der Waals surface area contributed by atoms with Crippen molar-refractivity contribution >= 4 is 23.1 Å². The molecule has 0 aromatic carbocycles. The van der Waals surface area contributed by atoms with E-state index in [0.717, 1.165) is 12.8 Å². The molecule has 0 radical (unpaired) electrons. The minimum absolute atomic E-state index is 0.155. The summed E-state index contributed by atoms with van der Waals surface area (Å²) in [6, 6.07) is -0.420. The number of hydrogen-bond acceptors (Lipinski definition) is 9. The molecule has 1 saturated carbocycles. The first-order valence-electron chi connectivity index (χ1n) is 10.2. The average Bonchev–Trinajstić information content (AvgIpc) is 3.11. The smallest absolute Gasteiger partial charge is 0.322 e. The second-order valence-electron chi connectivity index (χ2n) is 7.11. The number of nitrogens with one attached hydrogen (secondary N) is 1. The molecule has 10 heteroatoms. The number of carbonyl (C=O) groups excluding carboxylic acids is 1. The molecule has 3 rings (SSSR count). The summed E-state index contributed by atoms with van der Waals surface area (Å²) in [4.78, 5) is 24.5. The minimum atomic E-state index is -0.420. The molecular formula is C19H30N6O4. The lowest BCUT2D eigenvalue weighted by Crippen LogP contribution is -2.37. The highest BCUT2D eigenvalue weighted by molar-refractivity contribution is 5.77. The van der Waals surface area contributed by atoms with E-state index in [1.54, 1.807) is 20.2 Å². The van der Waals surface area contributed by atoms with Gasteiger partial charge in [0.15, 0.2) is 11.2 Å². The molecule has 0 unspecified atom stereocenters. The Morgan fingerprint density at radius 3 is 2.90 bits per heavy atom. The number of carbonyl (C=O) groups is 1. The standard InChI is InChI=1S/C19H30N6O4/c1-3-28-18(26)13(2)22-12-27-10-9-25-11-21-15-16(25)23-19(20)24-17(15)29-14-7-5-4-6-8-14/h11,13-14,22H,3-10,12H2,1-2H3,(H2,20,23,24)/t13-/m0/s1. The molecule has 2 heterocycles. The van der Waals surface area contributed by atoms with Gasteiger partial charge in [-0.15, -0.1) is 0 Å². The summed E-state index contributed by atoms with van der Waals surface area (Å²) in [7, 11) is 0. The third-order valence-electron chi connectivity index (χ3n) is 4.89. The maximum atomic E-state index is 11.6. The van der Waals surface area contributed by atoms with Crippen LogP contribution in [0.25, 0.3) is 11.2 Å². The van der Waals surface area contributed by atoms with E-state index in [1.165, 1.54) is 19.3 Å². The fraction of sp³-hybridized carbons (Fsp3) is 0.684. The number of anilines is 1. The predicted octanol–water partition coefficient (Wildman–Crippen LogP) is 1.64. The van der Waals surface area contributed by atoms with Crippen LogP contribution < -0.4 is 15.8 Å². The van der Waals surface area contributed by atoms with E-state index in [2.05, 4.69) is 20.3 Å². The van der Waals surface area contributed by atoms with Gasteiger partial charge < -0.3 is 24.5 Å². The molecule has 0 saturated heterocycles. The highest BCUT2D eigenvalue weighted by atomic mass is 16.5. The zero-order chi connectivity index (χ0) is 20.6. The number of fused-ring (bicyclic) bond motifs is 1. The summed E-state index contributed by atoms with van der Waals surface area (Å²) in [5.74, 6) is 0.314. The topological polar surface area (TPSA) is 126 Å². The van der Waals surface area contributed by atoms with Gasteiger partial charge in [-0.05, 0) is 39.5 Å². The highest BCUT2D eigenvalue weighted by Crippen LogP contribution is 2.27. The maximum absolute atomic E-state index is 11.6. The molecule has 2 aromatic rings. The number of rotatable bonds is 10. The summed E-state index contributed by atoms with van der Waals surface area (Å²) in [5, 5.41) is 2.96. The van der Waals surface area contributed by atoms with E-state index in [1.807, 2.05) is 4.57 Å². The maximum Gasteiger partial charge on any atom is 0.322 e. The van der Waals surface area contributed by atoms with E-state index in [-0.39, 0.29) is 24.8 Å². The minimum Gasteiger partial charge on any atom is -0.473 e. The second-order valence-corrected chi connectivity index (χ2v) is 7.11. The number of nitrogens with two attached hydrogens (primary N) is 1. The van der Waals surface area contributed by atoms with Gasteiger partial charge >= 0.3 is 5.97 Å². The van der Waals surface area contributed by atoms with Gasteiger partial charge in [0.1, 0.15) is 12.1 Å². The normalized spacial score (nSPS) is 16.1. The van der Waals surface area contributed by atoms with Crippen molar-refractivity contribution in [1.82, 2.24) is 24.8 Å². The number of esters is 1. The van der Waals surface area contributed by atoms with Gasteiger partial charge in [0.25, 0.3) is 0 Å². The molecule has 1 fully saturated rings. The van der Waals surface area contributed by atoms with E-state index < -0.39 is 6.04 Å². The molecule has 2 aromatic heterocycles. The van der Waals surface area contributed by atoms with Gasteiger partial charge in [-0.1, -0.05) is 6.42 Å². The average molecular weight is 406 g/mol. The van der Waals surface area contributed by atoms with Crippen molar-refractivity contribution in [1.29, 1.82) is 0 Å². The lowest BCUT2D eigenvalue weighted by atomic mass is 9.98. The van der Waals surface area contributed by atoms with Crippen LogP contribution in [0, 0.1) is 0 Å². The number of nitrogens with zero attached hydrogens (tertiary/aromatic N) is 4. The van der Waals surface area contributed by atoms with Crippen molar-refractivity contribution in [2.75, 3.05) is 25.7 Å². The molecular weight excluding hydrogens is 376 g/mol. The van der Waals surface area contributed by atoms with Crippen LogP contribution in [0.15, 0.2) is 6.33 Å². The number of ether oxygens (including phenoxy) is 3. The van der Waals surface area contributed by atoms with Gasteiger partial charge in [-0.25, -0.2) is 4.98 Å². The summed E-state index contributed by atoms with van der Waals surface area (Å²) >= 11 is 0. The van der Waals surface area contributed by atoms with Crippen molar-refractivity contribution in [3.8, 4) is 5.88 Å². The zero-order valence-electron chi connectivity index (χ0n) is 17.1. The van der Waals surface area contributed by atoms with E-state index in [9.17, 15) is 4.79 Å². The molecule has 160 valence electrons. The molecule has 10 nitrogen and oxygen atoms in total. The van der Waals surface area contributed by atoms with Crippen LogP contribution in [0.2, 0.25) is 0 Å². The van der Waals surface area contributed by atoms with E-state index in [0.29, 0.717) is 36.8 Å². The fourth-order valence-electron chi connectivity index (χ4n) is 3.29. The first-order valence-corrected chi connectivity index (χ1v) is 10.2. The largest absolute Gasteiger partial charge is 0.473 e. The number of nitrogen functional groups attached to an aromatic ring is 1. The van der Waals surface area contributed by atoms with Crippen molar-refractivity contribution in [3.05, 3.63) is 6.33 Å². The van der Waals surface area contributed by atoms with Crippen molar-refractivity contribution < 1.29 is 19.0 Å². The Morgan fingerprint density at radius 2 is 2.14 bits per heavy atom. The quantitative estimate of drug-likeness (QED) is 0.344. The van der Waals surface area contributed by atoms with E-state index >= 15 is 0 Å². The molecule has 0 amide bonds. The molecule has 0 spiro atoms. The van der Waals surface area contributed by atoms with Gasteiger partial charge in [0.2, 0.25) is 11.8 Å². The van der Waals surface area contributed by atoms with Crippen LogP contribution in [0.1, 0.15) is 46.0 Å². The monoisotopic (exact) mass is 406 g/mol. The Labute approximate surface area is 170 Å². The summed E-state index contributed by atoms with van der Waals surface area (Å²) < 4.78 is 18.4. The van der Waals surface area contributed by atoms with Gasteiger partial charge in [0, 0.05) is 6.54 Å². The number of hydrogen-bond donors (Lipinski definition) is 2. The lowest BCUT2D eigenvalue weighted by molar-refractivity contribution is -0.145. The number of aromatic nitrogens is 4. The first-order chi connectivity index (χ1) is 14.1. The summed E-state index contributed by atoms with van der Waals surface area (Å²) in [6.45, 7) is 5.05. The third kappa shape index (κ3) is 5.77. The molecule has 3 N–H and O–H groups in total. The Bertz CT molecular complexity index is 805. The predicted molar refractivity (Wildman–Crippen MR) is 107 cm³/mol. The van der Waals surface area contributed by atoms with Crippen LogP contribution in [0.5, 0.6) is 5.88 Å². The van der Waals surface area contributed by atoms with Crippen molar-refractivity contribution in [2.24, 2.45) is 0 Å².